The van der Waals surface area contributed by atoms with Crippen molar-refractivity contribution in [1.82, 2.24) is 5.32 Å². The van der Waals surface area contributed by atoms with Gasteiger partial charge >= 0.3 is 0 Å². The van der Waals surface area contributed by atoms with Crippen molar-refractivity contribution < 1.29 is 4.79 Å². The molecule has 3 N–H and O–H groups in total. The van der Waals surface area contributed by atoms with Gasteiger partial charge in [-0.2, -0.15) is 0 Å². The minimum atomic E-state index is 0.0554. The third-order valence-electron chi connectivity index (χ3n) is 2.51. The summed E-state index contributed by atoms with van der Waals surface area (Å²) in [5.41, 5.74) is 7.57. The van der Waals surface area contributed by atoms with Crippen LogP contribution in [0.3, 0.4) is 0 Å². The molecule has 0 unspecified atom stereocenters. The Kier molecular flexibility index (Phi) is 4.55. The second kappa shape index (κ2) is 5.71. The topological polar surface area (TPSA) is 55.1 Å². The summed E-state index contributed by atoms with van der Waals surface area (Å²) in [5, 5.41) is 2.93. The molecule has 0 bridgehead atoms. The van der Waals surface area contributed by atoms with Gasteiger partial charge in [0.05, 0.1) is 6.42 Å². The van der Waals surface area contributed by atoms with Crippen LogP contribution in [0.25, 0.3) is 0 Å². The van der Waals surface area contributed by atoms with Gasteiger partial charge in [-0.3, -0.25) is 4.79 Å². The second-order valence-corrected chi connectivity index (χ2v) is 5.58. The lowest BCUT2D eigenvalue weighted by atomic mass is 9.92. The van der Waals surface area contributed by atoms with E-state index in [4.69, 9.17) is 5.73 Å². The van der Waals surface area contributed by atoms with E-state index in [9.17, 15) is 4.79 Å². The van der Waals surface area contributed by atoms with Gasteiger partial charge in [0.25, 0.3) is 0 Å². The number of carbonyl (C=O) groups is 1. The van der Waals surface area contributed by atoms with Crippen LogP contribution in [-0.4, -0.2) is 12.5 Å². The Morgan fingerprint density at radius 2 is 2.06 bits per heavy atom. The highest BCUT2D eigenvalue weighted by atomic mass is 16.1. The first-order valence-electron chi connectivity index (χ1n) is 5.98. The molecular formula is C14H22N2O. The van der Waals surface area contributed by atoms with Gasteiger partial charge in [-0.05, 0) is 29.5 Å². The zero-order valence-electron chi connectivity index (χ0n) is 10.9. The third-order valence-corrected chi connectivity index (χ3v) is 2.51. The minimum Gasteiger partial charge on any atom is -0.399 e. The van der Waals surface area contributed by atoms with Crippen molar-refractivity contribution in [1.29, 1.82) is 0 Å². The van der Waals surface area contributed by atoms with E-state index in [-0.39, 0.29) is 11.3 Å². The van der Waals surface area contributed by atoms with E-state index in [1.807, 2.05) is 24.3 Å². The molecule has 17 heavy (non-hydrogen) atoms. The molecule has 0 radical (unpaired) electrons. The zero-order valence-corrected chi connectivity index (χ0v) is 10.9. The summed E-state index contributed by atoms with van der Waals surface area (Å²) in [7, 11) is 0. The number of nitrogen functional groups attached to an aromatic ring is 1. The molecule has 94 valence electrons. The van der Waals surface area contributed by atoms with E-state index < -0.39 is 0 Å². The summed E-state index contributed by atoms with van der Waals surface area (Å²) < 4.78 is 0. The van der Waals surface area contributed by atoms with Crippen molar-refractivity contribution in [3.63, 3.8) is 0 Å². The third kappa shape index (κ3) is 5.95. The molecule has 1 aromatic rings. The molecule has 0 saturated heterocycles. The van der Waals surface area contributed by atoms with Gasteiger partial charge < -0.3 is 11.1 Å². The fourth-order valence-corrected chi connectivity index (χ4v) is 1.53. The van der Waals surface area contributed by atoms with Crippen molar-refractivity contribution >= 4 is 11.6 Å². The van der Waals surface area contributed by atoms with Crippen molar-refractivity contribution in [3.05, 3.63) is 29.8 Å². The average Bonchev–Trinajstić information content (AvgIpc) is 2.15. The Morgan fingerprint density at radius 3 is 2.65 bits per heavy atom. The summed E-state index contributed by atoms with van der Waals surface area (Å²) in [6, 6.07) is 7.44. The predicted molar refractivity (Wildman–Crippen MR) is 71.6 cm³/mol. The van der Waals surface area contributed by atoms with Crippen LogP contribution < -0.4 is 11.1 Å². The number of benzene rings is 1. The highest BCUT2D eigenvalue weighted by Gasteiger charge is 2.10. The Hall–Kier alpha value is -1.51. The number of nitrogens with one attached hydrogen (secondary N) is 1. The smallest absolute Gasteiger partial charge is 0.224 e. The van der Waals surface area contributed by atoms with Gasteiger partial charge in [0.1, 0.15) is 0 Å². The number of carbonyl (C=O) groups excluding carboxylic acids is 1. The lowest BCUT2D eigenvalue weighted by Gasteiger charge is -2.18. The van der Waals surface area contributed by atoms with E-state index in [0.717, 1.165) is 18.5 Å². The fourth-order valence-electron chi connectivity index (χ4n) is 1.53. The molecule has 1 rings (SSSR count). The first-order chi connectivity index (χ1) is 7.87. The molecule has 0 spiro atoms. The molecule has 0 fully saturated rings. The maximum atomic E-state index is 11.7. The normalized spacial score (nSPS) is 11.2. The Labute approximate surface area is 103 Å². The SMILES string of the molecule is CC(C)(C)CCNC(=O)Cc1cccc(N)c1. The monoisotopic (exact) mass is 234 g/mol. The van der Waals surface area contributed by atoms with Gasteiger partial charge in [0.2, 0.25) is 5.91 Å². The molecule has 0 aliphatic heterocycles. The van der Waals surface area contributed by atoms with Crippen LogP contribution in [0.4, 0.5) is 5.69 Å². The summed E-state index contributed by atoms with van der Waals surface area (Å²) in [5.74, 6) is 0.0554. The van der Waals surface area contributed by atoms with Crippen LogP contribution in [-0.2, 0) is 11.2 Å². The maximum absolute atomic E-state index is 11.7. The zero-order chi connectivity index (χ0) is 12.9. The lowest BCUT2D eigenvalue weighted by molar-refractivity contribution is -0.120. The van der Waals surface area contributed by atoms with Crippen molar-refractivity contribution in [3.8, 4) is 0 Å². The Morgan fingerprint density at radius 1 is 1.35 bits per heavy atom. The van der Waals surface area contributed by atoms with Gasteiger partial charge in [0, 0.05) is 12.2 Å². The first kappa shape index (κ1) is 13.6. The number of rotatable bonds is 4. The molecule has 3 nitrogen and oxygen atoms in total. The average molecular weight is 234 g/mol. The number of amides is 1. The van der Waals surface area contributed by atoms with Crippen molar-refractivity contribution in [2.45, 2.75) is 33.6 Å². The molecule has 0 aliphatic carbocycles. The van der Waals surface area contributed by atoms with Gasteiger partial charge in [0.15, 0.2) is 0 Å². The van der Waals surface area contributed by atoms with E-state index in [0.29, 0.717) is 12.1 Å². The number of hydrogen-bond acceptors (Lipinski definition) is 2. The second-order valence-electron chi connectivity index (χ2n) is 5.58. The quantitative estimate of drug-likeness (QED) is 0.786. The molecule has 0 aliphatic rings. The summed E-state index contributed by atoms with van der Waals surface area (Å²) in [6.45, 7) is 7.22. The van der Waals surface area contributed by atoms with Gasteiger partial charge in [-0.1, -0.05) is 32.9 Å². The summed E-state index contributed by atoms with van der Waals surface area (Å²) >= 11 is 0. The van der Waals surface area contributed by atoms with Crippen molar-refractivity contribution in [2.24, 2.45) is 5.41 Å². The first-order valence-corrected chi connectivity index (χ1v) is 5.98. The maximum Gasteiger partial charge on any atom is 0.224 e. The summed E-state index contributed by atoms with van der Waals surface area (Å²) in [4.78, 5) is 11.7. The van der Waals surface area contributed by atoms with Crippen LogP contribution in [0.1, 0.15) is 32.8 Å². The summed E-state index contributed by atoms with van der Waals surface area (Å²) in [6.07, 6.45) is 1.38. The van der Waals surface area contributed by atoms with Crippen LogP contribution in [0.2, 0.25) is 0 Å². The number of nitrogens with two attached hydrogens (primary N) is 1. The highest BCUT2D eigenvalue weighted by Crippen LogP contribution is 2.16. The predicted octanol–water partition coefficient (Wildman–Crippen LogP) is 2.36. The standard InChI is InChI=1S/C14H22N2O/c1-14(2,3)7-8-16-13(17)10-11-5-4-6-12(15)9-11/h4-6,9H,7-8,10,15H2,1-3H3,(H,16,17). The molecule has 0 saturated carbocycles. The molecule has 1 amide bonds. The number of hydrogen-bond donors (Lipinski definition) is 2. The van der Waals surface area contributed by atoms with Gasteiger partial charge in [-0.15, -0.1) is 0 Å². The molecule has 1 aromatic carbocycles. The van der Waals surface area contributed by atoms with Crippen LogP contribution in [0, 0.1) is 5.41 Å². The van der Waals surface area contributed by atoms with Crippen molar-refractivity contribution in [2.75, 3.05) is 12.3 Å². The Bertz CT molecular complexity index is 380. The highest BCUT2D eigenvalue weighted by molar-refractivity contribution is 5.78. The van der Waals surface area contributed by atoms with Crippen LogP contribution in [0.5, 0.6) is 0 Å². The van der Waals surface area contributed by atoms with E-state index in [2.05, 4.69) is 26.1 Å². The van der Waals surface area contributed by atoms with Crippen LogP contribution in [0.15, 0.2) is 24.3 Å². The van der Waals surface area contributed by atoms with Crippen LogP contribution >= 0.6 is 0 Å². The van der Waals surface area contributed by atoms with Gasteiger partial charge in [-0.25, -0.2) is 0 Å². The molecular weight excluding hydrogens is 212 g/mol. The molecule has 3 heteroatoms. The molecule has 0 aromatic heterocycles. The molecule has 0 atom stereocenters. The lowest BCUT2D eigenvalue weighted by Crippen LogP contribution is -2.28. The van der Waals surface area contributed by atoms with E-state index >= 15 is 0 Å². The largest absolute Gasteiger partial charge is 0.399 e. The Balaban J connectivity index is 2.35. The van der Waals surface area contributed by atoms with E-state index in [1.165, 1.54) is 0 Å². The number of anilines is 1. The van der Waals surface area contributed by atoms with E-state index in [1.54, 1.807) is 0 Å². The minimum absolute atomic E-state index is 0.0554. The fraction of sp³-hybridized carbons (Fsp3) is 0.500. The molecule has 0 heterocycles.